The maximum Gasteiger partial charge on any atom is 0.238 e. The number of carbonyl (C=O) groups excluding carboxylic acids is 2. The molecule has 0 aromatic heterocycles. The van der Waals surface area contributed by atoms with Gasteiger partial charge in [-0.25, -0.2) is 4.90 Å². The summed E-state index contributed by atoms with van der Waals surface area (Å²) in [6.07, 6.45) is 10.6. The molecule has 2 saturated carbocycles. The van der Waals surface area contributed by atoms with E-state index in [2.05, 4.69) is 12.2 Å². The zero-order valence-electron chi connectivity index (χ0n) is 15.5. The summed E-state index contributed by atoms with van der Waals surface area (Å²) in [6, 6.07) is 5.89. The second-order valence-electron chi connectivity index (χ2n) is 8.39. The first-order chi connectivity index (χ1) is 12.6. The van der Waals surface area contributed by atoms with E-state index in [1.165, 1.54) is 35.3 Å². The highest BCUT2D eigenvalue weighted by molar-refractivity contribution is 6.23. The van der Waals surface area contributed by atoms with Crippen molar-refractivity contribution in [2.24, 2.45) is 23.7 Å². The number of nitrogens with zero attached hydrogens (tertiary/aromatic N) is 1. The summed E-state index contributed by atoms with van der Waals surface area (Å²) in [4.78, 5) is 28.0. The van der Waals surface area contributed by atoms with E-state index in [4.69, 9.17) is 0 Å². The van der Waals surface area contributed by atoms with E-state index < -0.39 is 0 Å². The normalized spacial score (nSPS) is 32.8. The molecule has 1 saturated heterocycles. The lowest BCUT2D eigenvalue weighted by atomic mass is 9.85. The number of anilines is 1. The monoisotopic (exact) mass is 347 g/mol. The maximum absolute atomic E-state index is 13.3. The van der Waals surface area contributed by atoms with Crippen molar-refractivity contribution in [2.75, 3.05) is 4.90 Å². The van der Waals surface area contributed by atoms with Crippen LogP contribution in [0.5, 0.6) is 0 Å². The van der Waals surface area contributed by atoms with Crippen LogP contribution in [0.3, 0.4) is 0 Å². The summed E-state index contributed by atoms with van der Waals surface area (Å²) in [6.45, 7) is 4.08. The van der Waals surface area contributed by atoms with Crippen molar-refractivity contribution in [1.82, 2.24) is 0 Å². The van der Waals surface area contributed by atoms with E-state index in [0.29, 0.717) is 0 Å². The summed E-state index contributed by atoms with van der Waals surface area (Å²) >= 11 is 0. The molecule has 5 rings (SSSR count). The fourth-order valence-electron chi connectivity index (χ4n) is 5.62. The Balaban J connectivity index is 1.53. The molecule has 0 radical (unpaired) electrons. The molecule has 2 amide bonds. The zero-order valence-corrected chi connectivity index (χ0v) is 15.5. The van der Waals surface area contributed by atoms with Crippen molar-refractivity contribution in [3.8, 4) is 0 Å². The van der Waals surface area contributed by atoms with Gasteiger partial charge in [0, 0.05) is 11.8 Å². The van der Waals surface area contributed by atoms with Gasteiger partial charge in [0.25, 0.3) is 0 Å². The van der Waals surface area contributed by atoms with Gasteiger partial charge in [-0.3, -0.25) is 9.59 Å². The van der Waals surface area contributed by atoms with Crippen LogP contribution in [0.2, 0.25) is 0 Å². The molecule has 0 spiro atoms. The predicted octanol–water partition coefficient (Wildman–Crippen LogP) is 4.49. The van der Waals surface area contributed by atoms with Crippen LogP contribution < -0.4 is 4.90 Å². The number of rotatable bonds is 1. The Kier molecular flexibility index (Phi) is 3.50. The third-order valence-corrected chi connectivity index (χ3v) is 7.03. The van der Waals surface area contributed by atoms with Crippen LogP contribution in [0.25, 0.3) is 0 Å². The molecule has 1 aromatic carbocycles. The van der Waals surface area contributed by atoms with Gasteiger partial charge in [-0.1, -0.05) is 35.8 Å². The Morgan fingerprint density at radius 1 is 0.846 bits per heavy atom. The molecule has 3 nitrogen and oxygen atoms in total. The zero-order chi connectivity index (χ0) is 18.0. The van der Waals surface area contributed by atoms with Crippen LogP contribution in [0, 0.1) is 37.5 Å². The minimum atomic E-state index is -0.177. The number of imide groups is 1. The Bertz CT molecular complexity index is 836. The molecule has 4 aliphatic rings. The predicted molar refractivity (Wildman–Crippen MR) is 102 cm³/mol. The molecule has 3 aliphatic carbocycles. The summed E-state index contributed by atoms with van der Waals surface area (Å²) in [5.74, 6) is -0.0210. The van der Waals surface area contributed by atoms with E-state index in [9.17, 15) is 9.59 Å². The van der Waals surface area contributed by atoms with E-state index in [-0.39, 0.29) is 35.5 Å². The van der Waals surface area contributed by atoms with Gasteiger partial charge in [0.1, 0.15) is 0 Å². The van der Waals surface area contributed by atoms with Gasteiger partial charge < -0.3 is 0 Å². The molecule has 1 aliphatic heterocycles. The van der Waals surface area contributed by atoms with Gasteiger partial charge in [0.05, 0.1) is 17.5 Å². The number of benzene rings is 1. The van der Waals surface area contributed by atoms with Crippen LogP contribution in [-0.2, 0) is 9.59 Å². The van der Waals surface area contributed by atoms with Crippen molar-refractivity contribution in [3.63, 3.8) is 0 Å². The fourth-order valence-corrected chi connectivity index (χ4v) is 5.62. The molecular weight excluding hydrogens is 322 g/mol. The molecule has 1 heterocycles. The van der Waals surface area contributed by atoms with Crippen molar-refractivity contribution < 1.29 is 9.59 Å². The summed E-state index contributed by atoms with van der Waals surface area (Å²) in [7, 11) is 0. The first-order valence-corrected chi connectivity index (χ1v) is 9.93. The standard InChI is InChI=1S/C23H25NO2/c1-13-8-9-16(12-14(13)2)24-22(25)20-17-10-11-18(21(20)23(24)26)19(17)15-6-4-3-5-7-15/h8-12,17-18,20-21H,3-7H2,1-2H3/t17-,18+,20-,21+. The summed E-state index contributed by atoms with van der Waals surface area (Å²) < 4.78 is 0. The van der Waals surface area contributed by atoms with Crippen molar-refractivity contribution in [3.05, 3.63) is 52.6 Å². The van der Waals surface area contributed by atoms with Crippen LogP contribution in [0.4, 0.5) is 5.69 Å². The number of hydrogen-bond donors (Lipinski definition) is 0. The average molecular weight is 347 g/mol. The highest BCUT2D eigenvalue weighted by Crippen LogP contribution is 2.58. The lowest BCUT2D eigenvalue weighted by Gasteiger charge is -2.23. The minimum absolute atomic E-state index is 0.00834. The largest absolute Gasteiger partial charge is 0.274 e. The number of hydrogen-bond acceptors (Lipinski definition) is 2. The van der Waals surface area contributed by atoms with Crippen LogP contribution in [0.1, 0.15) is 43.2 Å². The molecule has 134 valence electrons. The van der Waals surface area contributed by atoms with Crippen molar-refractivity contribution in [2.45, 2.75) is 46.0 Å². The van der Waals surface area contributed by atoms with E-state index in [1.807, 2.05) is 32.0 Å². The third-order valence-electron chi connectivity index (χ3n) is 7.03. The SMILES string of the molecule is Cc1ccc(N2C(=O)[C@@H]3[C@H](C2=O)[C@@H]2C=C[C@H]3C2=C2CCCCC2)cc1C. The van der Waals surface area contributed by atoms with Gasteiger partial charge >= 0.3 is 0 Å². The number of allylic oxidation sites excluding steroid dienone is 4. The number of carbonyl (C=O) groups is 2. The Labute approximate surface area is 154 Å². The third kappa shape index (κ3) is 2.06. The lowest BCUT2D eigenvalue weighted by molar-refractivity contribution is -0.122. The topological polar surface area (TPSA) is 37.4 Å². The van der Waals surface area contributed by atoms with E-state index in [0.717, 1.165) is 24.1 Å². The second kappa shape index (κ2) is 5.67. The van der Waals surface area contributed by atoms with E-state index in [1.54, 1.807) is 5.57 Å². The minimum Gasteiger partial charge on any atom is -0.274 e. The van der Waals surface area contributed by atoms with Crippen LogP contribution in [0.15, 0.2) is 41.5 Å². The molecule has 0 N–H and O–H groups in total. The number of amides is 2. The molecule has 4 atom stereocenters. The highest BCUT2D eigenvalue weighted by atomic mass is 16.2. The van der Waals surface area contributed by atoms with E-state index >= 15 is 0 Å². The summed E-state index contributed by atoms with van der Waals surface area (Å²) in [5.41, 5.74) is 6.01. The van der Waals surface area contributed by atoms with Gasteiger partial charge in [0.15, 0.2) is 0 Å². The fraction of sp³-hybridized carbons (Fsp3) is 0.478. The molecule has 26 heavy (non-hydrogen) atoms. The van der Waals surface area contributed by atoms with Crippen molar-refractivity contribution in [1.29, 1.82) is 0 Å². The first-order valence-electron chi connectivity index (χ1n) is 9.93. The molecule has 3 heteroatoms. The number of fused-ring (bicyclic) bond motifs is 5. The van der Waals surface area contributed by atoms with Crippen molar-refractivity contribution >= 4 is 17.5 Å². The first kappa shape index (κ1) is 16.0. The molecule has 0 unspecified atom stereocenters. The molecule has 1 aromatic rings. The molecular formula is C23H25NO2. The Morgan fingerprint density at radius 2 is 1.46 bits per heavy atom. The van der Waals surface area contributed by atoms with Gasteiger partial charge in [-0.05, 0) is 62.8 Å². The maximum atomic E-state index is 13.3. The molecule has 2 bridgehead atoms. The van der Waals surface area contributed by atoms with Gasteiger partial charge in [0.2, 0.25) is 11.8 Å². The molecule has 3 fully saturated rings. The van der Waals surface area contributed by atoms with Gasteiger partial charge in [-0.15, -0.1) is 0 Å². The average Bonchev–Trinajstić information content (AvgIpc) is 3.28. The quantitative estimate of drug-likeness (QED) is 0.555. The Hall–Kier alpha value is -2.16. The van der Waals surface area contributed by atoms with Crippen LogP contribution >= 0.6 is 0 Å². The second-order valence-corrected chi connectivity index (χ2v) is 8.39. The summed E-state index contributed by atoms with van der Waals surface area (Å²) in [5, 5.41) is 0. The van der Waals surface area contributed by atoms with Crippen LogP contribution in [-0.4, -0.2) is 11.8 Å². The Morgan fingerprint density at radius 3 is 2.04 bits per heavy atom. The lowest BCUT2D eigenvalue weighted by Crippen LogP contribution is -2.33. The smallest absolute Gasteiger partial charge is 0.238 e. The highest BCUT2D eigenvalue weighted by Gasteiger charge is 2.62. The van der Waals surface area contributed by atoms with Gasteiger partial charge in [-0.2, -0.15) is 0 Å². The number of aryl methyl sites for hydroxylation is 2.